The van der Waals surface area contributed by atoms with Crippen LogP contribution in [0.5, 0.6) is 0 Å². The minimum Gasteiger partial charge on any atom is -0.369 e. The van der Waals surface area contributed by atoms with Crippen LogP contribution in [0.3, 0.4) is 0 Å². The maximum atomic E-state index is 11.3. The number of nitrogens with zero attached hydrogens (tertiary/aromatic N) is 3. The Morgan fingerprint density at radius 2 is 2.22 bits per heavy atom. The zero-order valence-corrected chi connectivity index (χ0v) is 20.4. The molecule has 3 N–H and O–H groups in total. The first-order valence-corrected chi connectivity index (χ1v) is 11.5. The first-order chi connectivity index (χ1) is 15.2. The standard InChI is InChI=1S/C25H39N5O2/c1-7-9-24(28-25(26)29(6)16-18(2)3)30-15-14-23(17-30)32-22-11-8-10-21(12-13-22)19(4)27-20(5)31/h9-10,12-13,18-19,22-23H,7,14-17H2,1-6H3,(H2,26,28)(H,27,31)/b24-9+/t19-,22?,23+/m0/s1. The molecule has 0 radical (unpaired) electrons. The molecule has 1 fully saturated rings. The van der Waals surface area contributed by atoms with Gasteiger partial charge in [-0.2, -0.15) is 4.99 Å². The van der Waals surface area contributed by atoms with Crippen LogP contribution in [-0.2, 0) is 9.53 Å². The van der Waals surface area contributed by atoms with Gasteiger partial charge in [-0.1, -0.05) is 38.7 Å². The molecule has 2 rings (SSSR count). The third-order valence-electron chi connectivity index (χ3n) is 5.30. The van der Waals surface area contributed by atoms with Crippen molar-refractivity contribution in [1.82, 2.24) is 15.1 Å². The lowest BCUT2D eigenvalue weighted by molar-refractivity contribution is -0.119. The number of likely N-dealkylation sites (tertiary alicyclic amines) is 1. The predicted octanol–water partition coefficient (Wildman–Crippen LogP) is 2.62. The molecule has 0 aromatic heterocycles. The summed E-state index contributed by atoms with van der Waals surface area (Å²) in [6, 6.07) is -0.0855. The fraction of sp³-hybridized carbons (Fsp3) is 0.600. The summed E-state index contributed by atoms with van der Waals surface area (Å²) < 4.78 is 6.26. The molecule has 3 atom stereocenters. The van der Waals surface area contributed by atoms with E-state index in [1.54, 1.807) is 0 Å². The average Bonchev–Trinajstić information content (AvgIpc) is 3.04. The molecule has 1 unspecified atom stereocenters. The van der Waals surface area contributed by atoms with E-state index in [1.807, 2.05) is 37.1 Å². The Bertz CT molecular complexity index is 831. The molecular weight excluding hydrogens is 402 g/mol. The van der Waals surface area contributed by atoms with Crippen molar-refractivity contribution in [2.45, 2.75) is 65.7 Å². The summed E-state index contributed by atoms with van der Waals surface area (Å²) in [7, 11) is 1.98. The fourth-order valence-corrected chi connectivity index (χ4v) is 3.77. The van der Waals surface area contributed by atoms with Crippen molar-refractivity contribution in [2.24, 2.45) is 16.6 Å². The van der Waals surface area contributed by atoms with Gasteiger partial charge in [-0.15, -0.1) is 0 Å². The third-order valence-corrected chi connectivity index (χ3v) is 5.30. The number of carbonyl (C=O) groups excluding carboxylic acids is 1. The van der Waals surface area contributed by atoms with E-state index in [2.05, 4.69) is 48.9 Å². The molecular formula is C25H39N5O2. The zero-order chi connectivity index (χ0) is 23.7. The minimum absolute atomic E-state index is 0.0579. The average molecular weight is 442 g/mol. The fourth-order valence-electron chi connectivity index (χ4n) is 3.77. The van der Waals surface area contributed by atoms with Crippen molar-refractivity contribution in [3.63, 3.8) is 0 Å². The van der Waals surface area contributed by atoms with Gasteiger partial charge in [0.2, 0.25) is 5.91 Å². The van der Waals surface area contributed by atoms with Crippen LogP contribution < -0.4 is 11.1 Å². The highest BCUT2D eigenvalue weighted by Gasteiger charge is 2.27. The molecule has 1 saturated heterocycles. The summed E-state index contributed by atoms with van der Waals surface area (Å²) in [5.41, 5.74) is 7.22. The number of amides is 1. The third kappa shape index (κ3) is 8.08. The first kappa shape index (κ1) is 25.5. The quantitative estimate of drug-likeness (QED) is 0.327. The summed E-state index contributed by atoms with van der Waals surface area (Å²) in [6.07, 6.45) is 9.49. The van der Waals surface area contributed by atoms with Crippen molar-refractivity contribution in [3.8, 4) is 11.8 Å². The summed E-state index contributed by atoms with van der Waals surface area (Å²) in [5, 5.41) is 2.89. The number of aliphatic imine (C=N–C) groups is 1. The van der Waals surface area contributed by atoms with Gasteiger partial charge < -0.3 is 25.6 Å². The smallest absolute Gasteiger partial charge is 0.217 e. The van der Waals surface area contributed by atoms with Crippen LogP contribution in [0.2, 0.25) is 0 Å². The topological polar surface area (TPSA) is 83.2 Å². The van der Waals surface area contributed by atoms with Crippen molar-refractivity contribution in [2.75, 3.05) is 26.7 Å². The summed E-state index contributed by atoms with van der Waals surface area (Å²) in [4.78, 5) is 20.3. The Hall–Kier alpha value is -2.72. The SMILES string of the molecule is CC/C=C(\N=C(N)N(C)CC(C)C)N1CC[C@@H](OC2C#CC=C([C@H](C)NC(C)=O)C=C2)C1. The van der Waals surface area contributed by atoms with Gasteiger partial charge in [-0.25, -0.2) is 0 Å². The zero-order valence-electron chi connectivity index (χ0n) is 20.4. The minimum atomic E-state index is -0.275. The molecule has 0 bridgehead atoms. The lowest BCUT2D eigenvalue weighted by atomic mass is 10.1. The molecule has 1 heterocycles. The molecule has 7 heteroatoms. The van der Waals surface area contributed by atoms with E-state index in [0.717, 1.165) is 43.9 Å². The number of hydrogen-bond acceptors (Lipinski definition) is 4. The van der Waals surface area contributed by atoms with Gasteiger partial charge in [0.25, 0.3) is 0 Å². The molecule has 2 aliphatic rings. The van der Waals surface area contributed by atoms with Crippen molar-refractivity contribution in [1.29, 1.82) is 0 Å². The van der Waals surface area contributed by atoms with E-state index in [1.165, 1.54) is 6.92 Å². The van der Waals surface area contributed by atoms with Gasteiger partial charge >= 0.3 is 0 Å². The number of carbonyl (C=O) groups is 1. The maximum absolute atomic E-state index is 11.3. The van der Waals surface area contributed by atoms with Crippen LogP contribution >= 0.6 is 0 Å². The van der Waals surface area contributed by atoms with Crippen LogP contribution in [0.4, 0.5) is 0 Å². The number of allylic oxidation sites excluding steroid dienone is 2. The number of nitrogens with two attached hydrogens (primary N) is 1. The number of ether oxygens (including phenoxy) is 1. The Labute approximate surface area is 193 Å². The lowest BCUT2D eigenvalue weighted by Gasteiger charge is -2.24. The van der Waals surface area contributed by atoms with E-state index in [4.69, 9.17) is 15.5 Å². The summed E-state index contributed by atoms with van der Waals surface area (Å²) in [6.45, 7) is 12.4. The molecule has 0 aromatic carbocycles. The monoisotopic (exact) mass is 441 g/mol. The van der Waals surface area contributed by atoms with Crippen LogP contribution in [-0.4, -0.2) is 66.6 Å². The second-order valence-corrected chi connectivity index (χ2v) is 8.84. The molecule has 0 aromatic rings. The molecule has 0 saturated carbocycles. The number of rotatable bonds is 9. The summed E-state index contributed by atoms with van der Waals surface area (Å²) in [5.74, 6) is 8.11. The molecule has 176 valence electrons. The number of hydrogen-bond donors (Lipinski definition) is 2. The number of guanidine groups is 1. The normalized spacial score (nSPS) is 22.2. The van der Waals surface area contributed by atoms with E-state index >= 15 is 0 Å². The second-order valence-electron chi connectivity index (χ2n) is 8.84. The first-order valence-electron chi connectivity index (χ1n) is 11.5. The Morgan fingerprint density at radius 3 is 2.88 bits per heavy atom. The van der Waals surface area contributed by atoms with Gasteiger partial charge in [0, 0.05) is 33.6 Å². The molecule has 1 amide bonds. The molecule has 32 heavy (non-hydrogen) atoms. The van der Waals surface area contributed by atoms with E-state index in [-0.39, 0.29) is 24.2 Å². The highest BCUT2D eigenvalue weighted by molar-refractivity contribution is 5.78. The van der Waals surface area contributed by atoms with Crippen molar-refractivity contribution < 1.29 is 9.53 Å². The molecule has 1 aliphatic heterocycles. The van der Waals surface area contributed by atoms with Crippen LogP contribution in [0, 0.1) is 17.8 Å². The van der Waals surface area contributed by atoms with E-state index in [0.29, 0.717) is 11.9 Å². The Morgan fingerprint density at radius 1 is 1.47 bits per heavy atom. The second kappa shape index (κ2) is 12.4. The maximum Gasteiger partial charge on any atom is 0.217 e. The highest BCUT2D eigenvalue weighted by atomic mass is 16.5. The van der Waals surface area contributed by atoms with E-state index in [9.17, 15) is 4.79 Å². The molecule has 1 aliphatic carbocycles. The van der Waals surface area contributed by atoms with Gasteiger partial charge in [-0.3, -0.25) is 4.79 Å². The highest BCUT2D eigenvalue weighted by Crippen LogP contribution is 2.21. The van der Waals surface area contributed by atoms with Crippen LogP contribution in [0.25, 0.3) is 0 Å². The predicted molar refractivity (Wildman–Crippen MR) is 131 cm³/mol. The molecule has 0 spiro atoms. The lowest BCUT2D eigenvalue weighted by Crippen LogP contribution is -2.37. The van der Waals surface area contributed by atoms with Crippen molar-refractivity contribution in [3.05, 3.63) is 35.7 Å². The number of nitrogens with one attached hydrogen (secondary N) is 1. The Kier molecular flexibility index (Phi) is 9.86. The molecule has 7 nitrogen and oxygen atoms in total. The largest absolute Gasteiger partial charge is 0.369 e. The van der Waals surface area contributed by atoms with Gasteiger partial charge in [0.05, 0.1) is 12.1 Å². The summed E-state index contributed by atoms with van der Waals surface area (Å²) >= 11 is 0. The van der Waals surface area contributed by atoms with Gasteiger partial charge in [0.1, 0.15) is 11.9 Å². The van der Waals surface area contributed by atoms with Crippen molar-refractivity contribution >= 4 is 11.9 Å². The van der Waals surface area contributed by atoms with Crippen LogP contribution in [0.1, 0.15) is 47.5 Å². The van der Waals surface area contributed by atoms with Gasteiger partial charge in [-0.05, 0) is 49.5 Å². The van der Waals surface area contributed by atoms with E-state index < -0.39 is 0 Å². The van der Waals surface area contributed by atoms with Gasteiger partial charge in [0.15, 0.2) is 5.96 Å². The Balaban J connectivity index is 1.97. The van der Waals surface area contributed by atoms with Crippen LogP contribution in [0.15, 0.2) is 40.7 Å².